The second-order valence-electron chi connectivity index (χ2n) is 7.46. The molecule has 0 spiro atoms. The number of carbonyl (C=O) groups is 1. The molecule has 0 aliphatic carbocycles. The summed E-state index contributed by atoms with van der Waals surface area (Å²) in [6.07, 6.45) is 3.10. The number of nitrogens with zero attached hydrogens (tertiary/aromatic N) is 5. The highest BCUT2D eigenvalue weighted by atomic mass is 16.5. The van der Waals surface area contributed by atoms with Crippen LogP contribution in [0.3, 0.4) is 0 Å². The number of aromatic nitrogens is 3. The maximum Gasteiger partial charge on any atom is 0.260 e. The number of carbonyl (C=O) groups excluding carboxylic acids is 1. The molecule has 1 aromatic heterocycles. The summed E-state index contributed by atoms with van der Waals surface area (Å²) in [5, 5.41) is 8.93. The van der Waals surface area contributed by atoms with Gasteiger partial charge in [-0.15, -0.1) is 10.2 Å². The zero-order chi connectivity index (χ0) is 18.6. The third kappa shape index (κ3) is 4.13. The van der Waals surface area contributed by atoms with Crippen molar-refractivity contribution < 1.29 is 9.53 Å². The van der Waals surface area contributed by atoms with Gasteiger partial charge in [0, 0.05) is 38.5 Å². The number of para-hydroxylation sites is 1. The Balaban J connectivity index is 1.37. The van der Waals surface area contributed by atoms with Gasteiger partial charge in [-0.3, -0.25) is 4.79 Å². The lowest BCUT2D eigenvalue weighted by Gasteiger charge is -2.29. The highest BCUT2D eigenvalue weighted by molar-refractivity contribution is 5.77. The van der Waals surface area contributed by atoms with Crippen molar-refractivity contribution in [1.29, 1.82) is 0 Å². The van der Waals surface area contributed by atoms with Crippen molar-refractivity contribution in [2.45, 2.75) is 31.7 Å². The molecule has 0 N–H and O–H groups in total. The Morgan fingerprint density at radius 3 is 2.81 bits per heavy atom. The first kappa shape index (κ1) is 18.0. The van der Waals surface area contributed by atoms with Gasteiger partial charge in [0.25, 0.3) is 5.91 Å². The van der Waals surface area contributed by atoms with Gasteiger partial charge < -0.3 is 19.1 Å². The van der Waals surface area contributed by atoms with E-state index in [1.165, 1.54) is 6.42 Å². The monoisotopic (exact) mass is 369 g/mol. The molecule has 144 valence electrons. The van der Waals surface area contributed by atoms with Crippen LogP contribution in [0.2, 0.25) is 0 Å². The van der Waals surface area contributed by atoms with E-state index >= 15 is 0 Å². The van der Waals surface area contributed by atoms with Crippen LogP contribution in [0.1, 0.15) is 30.4 Å². The lowest BCUT2D eigenvalue weighted by Crippen LogP contribution is -2.37. The molecule has 27 heavy (non-hydrogen) atoms. The van der Waals surface area contributed by atoms with E-state index in [9.17, 15) is 4.79 Å². The van der Waals surface area contributed by atoms with Crippen LogP contribution >= 0.6 is 0 Å². The Morgan fingerprint density at radius 1 is 1.15 bits per heavy atom. The number of benzene rings is 1. The van der Waals surface area contributed by atoms with E-state index in [4.69, 9.17) is 4.74 Å². The van der Waals surface area contributed by atoms with Crippen molar-refractivity contribution in [1.82, 2.24) is 24.6 Å². The van der Waals surface area contributed by atoms with Crippen LogP contribution in [-0.4, -0.2) is 70.3 Å². The minimum atomic E-state index is 0.0246. The zero-order valence-electron chi connectivity index (χ0n) is 15.9. The summed E-state index contributed by atoms with van der Waals surface area (Å²) in [6, 6.07) is 9.47. The number of rotatable bonds is 4. The van der Waals surface area contributed by atoms with Crippen LogP contribution in [0.25, 0.3) is 0 Å². The van der Waals surface area contributed by atoms with E-state index in [1.54, 1.807) is 0 Å². The number of piperidine rings is 1. The van der Waals surface area contributed by atoms with Gasteiger partial charge in [-0.05, 0) is 38.6 Å². The Morgan fingerprint density at radius 2 is 2.00 bits per heavy atom. The number of hydrogen-bond donors (Lipinski definition) is 0. The van der Waals surface area contributed by atoms with E-state index in [2.05, 4.69) is 26.7 Å². The topological polar surface area (TPSA) is 63.5 Å². The smallest absolute Gasteiger partial charge is 0.260 e. The molecule has 7 nitrogen and oxygen atoms in total. The molecule has 1 fully saturated rings. The van der Waals surface area contributed by atoms with Crippen molar-refractivity contribution in [3.8, 4) is 5.75 Å². The van der Waals surface area contributed by atoms with Gasteiger partial charge in [-0.25, -0.2) is 0 Å². The van der Waals surface area contributed by atoms with Gasteiger partial charge in [-0.1, -0.05) is 18.2 Å². The molecule has 4 rings (SSSR count). The van der Waals surface area contributed by atoms with E-state index in [1.807, 2.05) is 35.2 Å². The first-order valence-electron chi connectivity index (χ1n) is 9.77. The highest BCUT2D eigenvalue weighted by Crippen LogP contribution is 2.26. The van der Waals surface area contributed by atoms with Gasteiger partial charge in [0.15, 0.2) is 6.61 Å². The molecule has 3 heterocycles. The molecule has 2 aromatic rings. The molecule has 2 aliphatic rings. The summed E-state index contributed by atoms with van der Waals surface area (Å²) >= 11 is 0. The summed E-state index contributed by atoms with van der Waals surface area (Å²) in [7, 11) is 2.17. The lowest BCUT2D eigenvalue weighted by atomic mass is 9.97. The minimum absolute atomic E-state index is 0.0246. The third-order valence-electron chi connectivity index (χ3n) is 5.50. The number of likely N-dealkylation sites (N-methyl/N-ethyl adjacent to an activating group) is 1. The summed E-state index contributed by atoms with van der Waals surface area (Å²) < 4.78 is 7.86. The normalized spacial score (nSPS) is 20.8. The molecule has 1 atom stereocenters. The fourth-order valence-corrected chi connectivity index (χ4v) is 4.03. The first-order chi connectivity index (χ1) is 13.2. The number of hydrogen-bond acceptors (Lipinski definition) is 5. The summed E-state index contributed by atoms with van der Waals surface area (Å²) in [6.45, 7) is 4.37. The molecule has 0 unspecified atom stereocenters. The van der Waals surface area contributed by atoms with E-state index in [-0.39, 0.29) is 12.5 Å². The standard InChI is InChI=1S/C20H27N5O2/c1-23-10-5-6-16(14-23)20-22-21-18-9-11-24(12-13-25(18)20)19(26)15-27-17-7-3-2-4-8-17/h2-4,7-8,16H,5-6,9-15H2,1H3/t16-/m1/s1. The van der Waals surface area contributed by atoms with Crippen LogP contribution in [0.5, 0.6) is 5.75 Å². The Bertz CT molecular complexity index is 776. The van der Waals surface area contributed by atoms with Gasteiger partial charge in [-0.2, -0.15) is 0 Å². The highest BCUT2D eigenvalue weighted by Gasteiger charge is 2.27. The predicted molar refractivity (Wildman–Crippen MR) is 102 cm³/mol. The number of ether oxygens (including phenoxy) is 1. The molecule has 1 amide bonds. The fraction of sp³-hybridized carbons (Fsp3) is 0.550. The van der Waals surface area contributed by atoms with E-state index < -0.39 is 0 Å². The lowest BCUT2D eigenvalue weighted by molar-refractivity contribution is -0.133. The first-order valence-corrected chi connectivity index (χ1v) is 9.77. The zero-order valence-corrected chi connectivity index (χ0v) is 15.9. The molecule has 1 saturated heterocycles. The molecule has 7 heteroatoms. The molecule has 1 aromatic carbocycles. The van der Waals surface area contributed by atoms with Crippen LogP contribution in [0.15, 0.2) is 30.3 Å². The number of amides is 1. The Kier molecular flexibility index (Phi) is 5.38. The predicted octanol–water partition coefficient (Wildman–Crippen LogP) is 1.55. The van der Waals surface area contributed by atoms with Crippen molar-refractivity contribution in [2.24, 2.45) is 0 Å². The van der Waals surface area contributed by atoms with Crippen LogP contribution in [0.4, 0.5) is 0 Å². The van der Waals surface area contributed by atoms with Crippen LogP contribution in [-0.2, 0) is 17.8 Å². The van der Waals surface area contributed by atoms with Gasteiger partial charge >= 0.3 is 0 Å². The molecule has 0 saturated carbocycles. The van der Waals surface area contributed by atoms with Gasteiger partial charge in [0.2, 0.25) is 0 Å². The maximum atomic E-state index is 12.6. The average Bonchev–Trinajstić information content (AvgIpc) is 2.98. The van der Waals surface area contributed by atoms with Crippen molar-refractivity contribution in [2.75, 3.05) is 39.8 Å². The second kappa shape index (κ2) is 8.08. The summed E-state index contributed by atoms with van der Waals surface area (Å²) in [5.41, 5.74) is 0. The summed E-state index contributed by atoms with van der Waals surface area (Å²) in [4.78, 5) is 16.8. The molecular formula is C20H27N5O2. The summed E-state index contributed by atoms with van der Waals surface area (Å²) in [5.74, 6) is 3.27. The third-order valence-corrected chi connectivity index (χ3v) is 5.50. The van der Waals surface area contributed by atoms with E-state index in [0.29, 0.717) is 19.0 Å². The van der Waals surface area contributed by atoms with Crippen LogP contribution < -0.4 is 4.74 Å². The van der Waals surface area contributed by atoms with Crippen LogP contribution in [0, 0.1) is 0 Å². The largest absolute Gasteiger partial charge is 0.484 e. The van der Waals surface area contributed by atoms with Crippen molar-refractivity contribution >= 4 is 5.91 Å². The molecule has 0 bridgehead atoms. The maximum absolute atomic E-state index is 12.6. The molecular weight excluding hydrogens is 342 g/mol. The van der Waals surface area contributed by atoms with E-state index in [0.717, 1.165) is 49.9 Å². The quantitative estimate of drug-likeness (QED) is 0.818. The Hall–Kier alpha value is -2.41. The van der Waals surface area contributed by atoms with Gasteiger partial charge in [0.05, 0.1) is 0 Å². The molecule has 2 aliphatic heterocycles. The number of fused-ring (bicyclic) bond motifs is 1. The van der Waals surface area contributed by atoms with Gasteiger partial charge in [0.1, 0.15) is 17.4 Å². The molecule has 0 radical (unpaired) electrons. The van der Waals surface area contributed by atoms with Crippen molar-refractivity contribution in [3.05, 3.63) is 42.0 Å². The Labute approximate surface area is 159 Å². The SMILES string of the molecule is CN1CCC[C@@H](c2nnc3n2CCN(C(=O)COc2ccccc2)CC3)C1. The average molecular weight is 369 g/mol. The minimum Gasteiger partial charge on any atom is -0.484 e. The van der Waals surface area contributed by atoms with Crippen molar-refractivity contribution in [3.63, 3.8) is 0 Å². The second-order valence-corrected chi connectivity index (χ2v) is 7.46. The fourth-order valence-electron chi connectivity index (χ4n) is 4.03. The number of likely N-dealkylation sites (tertiary alicyclic amines) is 1.